The molecular formula is C12H12O3. The van der Waals surface area contributed by atoms with Gasteiger partial charge in [-0.2, -0.15) is 0 Å². The van der Waals surface area contributed by atoms with Gasteiger partial charge in [0.15, 0.2) is 0 Å². The molecule has 1 aromatic carbocycles. The van der Waals surface area contributed by atoms with Gasteiger partial charge in [0, 0.05) is 0 Å². The molecular weight excluding hydrogens is 192 g/mol. The first-order valence-electron chi connectivity index (χ1n) is 4.68. The van der Waals surface area contributed by atoms with E-state index in [-0.39, 0.29) is 0 Å². The van der Waals surface area contributed by atoms with E-state index in [0.29, 0.717) is 0 Å². The van der Waals surface area contributed by atoms with Crippen LogP contribution in [-0.4, -0.2) is 16.9 Å². The quantitative estimate of drug-likeness (QED) is 0.602. The Bertz CT molecular complexity index is 405. The molecule has 0 unspecified atom stereocenters. The molecule has 0 heterocycles. The molecule has 0 radical (unpaired) electrons. The second-order valence-corrected chi connectivity index (χ2v) is 3.06. The van der Waals surface area contributed by atoms with Crippen molar-refractivity contribution < 1.29 is 14.7 Å². The number of ketones is 1. The fourth-order valence-electron chi connectivity index (χ4n) is 1.26. The number of aryl methyl sites for hydroxylation is 1. The van der Waals surface area contributed by atoms with Crippen LogP contribution in [0.4, 0.5) is 0 Å². The Morgan fingerprint density at radius 2 is 2.00 bits per heavy atom. The summed E-state index contributed by atoms with van der Waals surface area (Å²) in [5, 5.41) is 8.39. The van der Waals surface area contributed by atoms with Crippen LogP contribution in [0.5, 0.6) is 0 Å². The Balaban J connectivity index is 2.89. The normalized spacial score (nSPS) is 10.5. The van der Waals surface area contributed by atoms with Crippen molar-refractivity contribution >= 4 is 17.8 Å². The molecule has 0 aliphatic rings. The number of hydrogen-bond acceptors (Lipinski definition) is 2. The zero-order valence-electron chi connectivity index (χ0n) is 8.43. The summed E-state index contributed by atoms with van der Waals surface area (Å²) >= 11 is 0. The minimum absolute atomic E-state index is 0.849. The van der Waals surface area contributed by atoms with Crippen LogP contribution in [0.25, 0.3) is 6.08 Å². The molecule has 0 saturated heterocycles. The number of aliphatic carboxylic acids is 1. The van der Waals surface area contributed by atoms with E-state index in [4.69, 9.17) is 5.11 Å². The molecule has 0 fully saturated rings. The van der Waals surface area contributed by atoms with Gasteiger partial charge in [0.1, 0.15) is 0 Å². The van der Waals surface area contributed by atoms with Crippen LogP contribution < -0.4 is 0 Å². The molecule has 0 spiro atoms. The average Bonchev–Trinajstić information content (AvgIpc) is 2.26. The Labute approximate surface area is 88.0 Å². The highest BCUT2D eigenvalue weighted by Crippen LogP contribution is 2.11. The maximum Gasteiger partial charge on any atom is 0.376 e. The van der Waals surface area contributed by atoms with Crippen LogP contribution in [0.3, 0.4) is 0 Å². The van der Waals surface area contributed by atoms with Crippen molar-refractivity contribution in [1.29, 1.82) is 0 Å². The molecule has 1 aromatic rings. The van der Waals surface area contributed by atoms with Gasteiger partial charge in [-0.3, -0.25) is 4.79 Å². The van der Waals surface area contributed by atoms with Crippen LogP contribution in [0.1, 0.15) is 18.1 Å². The molecule has 78 valence electrons. The van der Waals surface area contributed by atoms with Crippen LogP contribution >= 0.6 is 0 Å². The lowest BCUT2D eigenvalue weighted by Crippen LogP contribution is -2.08. The van der Waals surface area contributed by atoms with Crippen LogP contribution in [-0.2, 0) is 16.0 Å². The zero-order valence-corrected chi connectivity index (χ0v) is 8.43. The lowest BCUT2D eigenvalue weighted by Gasteiger charge is -2.00. The Morgan fingerprint density at radius 1 is 1.33 bits per heavy atom. The molecule has 0 saturated carbocycles. The molecule has 0 atom stereocenters. The standard InChI is InChI=1S/C12H12O3/c1-2-9-5-3-4-6-10(9)7-8-11(13)12(14)15/h3-8H,2H2,1H3,(H,14,15)/b8-7+. The largest absolute Gasteiger partial charge is 0.475 e. The molecule has 1 rings (SSSR count). The molecule has 3 heteroatoms. The summed E-state index contributed by atoms with van der Waals surface area (Å²) in [6.07, 6.45) is 3.47. The first-order chi connectivity index (χ1) is 7.15. The summed E-state index contributed by atoms with van der Waals surface area (Å²) in [6, 6.07) is 7.56. The minimum Gasteiger partial charge on any atom is -0.475 e. The second kappa shape index (κ2) is 5.10. The fourth-order valence-corrected chi connectivity index (χ4v) is 1.26. The molecule has 1 N–H and O–H groups in total. The summed E-state index contributed by atoms with van der Waals surface area (Å²) in [5.74, 6) is -2.33. The van der Waals surface area contributed by atoms with Crippen LogP contribution in [0.15, 0.2) is 30.3 Å². The molecule has 15 heavy (non-hydrogen) atoms. The number of carboxylic acids is 1. The van der Waals surface area contributed by atoms with E-state index in [1.807, 2.05) is 31.2 Å². The van der Waals surface area contributed by atoms with Gasteiger partial charge in [0.25, 0.3) is 5.78 Å². The van der Waals surface area contributed by atoms with Gasteiger partial charge in [-0.15, -0.1) is 0 Å². The molecule has 0 bridgehead atoms. The third-order valence-corrected chi connectivity index (χ3v) is 2.06. The highest BCUT2D eigenvalue weighted by Gasteiger charge is 2.05. The smallest absolute Gasteiger partial charge is 0.376 e. The maximum atomic E-state index is 10.8. The summed E-state index contributed by atoms with van der Waals surface area (Å²) in [4.78, 5) is 21.1. The van der Waals surface area contributed by atoms with Gasteiger partial charge >= 0.3 is 5.97 Å². The maximum absolute atomic E-state index is 10.8. The van der Waals surface area contributed by atoms with E-state index in [0.717, 1.165) is 23.6 Å². The van der Waals surface area contributed by atoms with Crippen molar-refractivity contribution in [1.82, 2.24) is 0 Å². The van der Waals surface area contributed by atoms with Crippen molar-refractivity contribution in [2.75, 3.05) is 0 Å². The predicted molar refractivity (Wildman–Crippen MR) is 57.5 cm³/mol. The second-order valence-electron chi connectivity index (χ2n) is 3.06. The number of benzene rings is 1. The van der Waals surface area contributed by atoms with E-state index >= 15 is 0 Å². The van der Waals surface area contributed by atoms with E-state index in [1.54, 1.807) is 0 Å². The number of rotatable bonds is 4. The summed E-state index contributed by atoms with van der Waals surface area (Å²) < 4.78 is 0. The molecule has 0 amide bonds. The van der Waals surface area contributed by atoms with Gasteiger partial charge in [0.2, 0.25) is 0 Å². The predicted octanol–water partition coefficient (Wildman–Crippen LogP) is 1.92. The van der Waals surface area contributed by atoms with Crippen molar-refractivity contribution in [3.63, 3.8) is 0 Å². The van der Waals surface area contributed by atoms with Gasteiger partial charge in [-0.1, -0.05) is 37.3 Å². The van der Waals surface area contributed by atoms with Gasteiger partial charge < -0.3 is 5.11 Å². The van der Waals surface area contributed by atoms with Crippen LogP contribution in [0.2, 0.25) is 0 Å². The Kier molecular flexibility index (Phi) is 3.80. The highest BCUT2D eigenvalue weighted by atomic mass is 16.4. The summed E-state index contributed by atoms with van der Waals surface area (Å²) in [5.41, 5.74) is 1.97. The van der Waals surface area contributed by atoms with E-state index < -0.39 is 11.8 Å². The highest BCUT2D eigenvalue weighted by molar-refractivity contribution is 6.38. The first-order valence-corrected chi connectivity index (χ1v) is 4.68. The van der Waals surface area contributed by atoms with Crippen molar-refractivity contribution in [2.24, 2.45) is 0 Å². The number of carbonyl (C=O) groups excluding carboxylic acids is 1. The Hall–Kier alpha value is -1.90. The lowest BCUT2D eigenvalue weighted by atomic mass is 10.0. The number of hydrogen-bond donors (Lipinski definition) is 1. The molecule has 0 aliphatic heterocycles. The molecule has 0 aromatic heterocycles. The van der Waals surface area contributed by atoms with E-state index in [1.165, 1.54) is 6.08 Å². The summed E-state index contributed by atoms with van der Waals surface area (Å²) in [7, 11) is 0. The van der Waals surface area contributed by atoms with Crippen LogP contribution in [0, 0.1) is 0 Å². The third kappa shape index (κ3) is 3.06. The van der Waals surface area contributed by atoms with Crippen molar-refractivity contribution in [2.45, 2.75) is 13.3 Å². The Morgan fingerprint density at radius 3 is 2.60 bits per heavy atom. The topological polar surface area (TPSA) is 54.4 Å². The van der Waals surface area contributed by atoms with Crippen molar-refractivity contribution in [3.05, 3.63) is 41.5 Å². The summed E-state index contributed by atoms with van der Waals surface area (Å²) in [6.45, 7) is 2.01. The van der Waals surface area contributed by atoms with E-state index in [9.17, 15) is 9.59 Å². The van der Waals surface area contributed by atoms with Gasteiger partial charge in [-0.25, -0.2) is 4.79 Å². The number of carbonyl (C=O) groups is 2. The van der Waals surface area contributed by atoms with E-state index in [2.05, 4.69) is 0 Å². The monoisotopic (exact) mass is 204 g/mol. The SMILES string of the molecule is CCc1ccccc1/C=C/C(=O)C(=O)O. The van der Waals surface area contributed by atoms with Gasteiger partial charge in [0.05, 0.1) is 0 Å². The van der Waals surface area contributed by atoms with Crippen molar-refractivity contribution in [3.8, 4) is 0 Å². The third-order valence-electron chi connectivity index (χ3n) is 2.06. The lowest BCUT2D eigenvalue weighted by molar-refractivity contribution is -0.146. The average molecular weight is 204 g/mol. The minimum atomic E-state index is -1.43. The van der Waals surface area contributed by atoms with Gasteiger partial charge in [-0.05, 0) is 23.6 Å². The molecule has 3 nitrogen and oxygen atoms in total. The number of carboxylic acid groups (broad SMARTS) is 1. The zero-order chi connectivity index (χ0) is 11.3. The fraction of sp³-hybridized carbons (Fsp3) is 0.167. The first kappa shape index (κ1) is 11.2. The molecule has 0 aliphatic carbocycles.